The molecule has 0 aliphatic heterocycles. The van der Waals surface area contributed by atoms with Gasteiger partial charge in [0, 0.05) is 16.5 Å². The van der Waals surface area contributed by atoms with E-state index in [0.717, 1.165) is 27.7 Å². The predicted molar refractivity (Wildman–Crippen MR) is 109 cm³/mol. The molecule has 0 bridgehead atoms. The quantitative estimate of drug-likeness (QED) is 0.736. The van der Waals surface area contributed by atoms with Crippen LogP contribution >= 0.6 is 0 Å². The summed E-state index contributed by atoms with van der Waals surface area (Å²) in [5.41, 5.74) is 2.88. The van der Waals surface area contributed by atoms with E-state index < -0.39 is 5.54 Å². The second-order valence-electron chi connectivity index (χ2n) is 8.84. The molecule has 148 valence electrons. The minimum Gasteiger partial charge on any atom is -0.344 e. The van der Waals surface area contributed by atoms with Crippen LogP contribution in [0.25, 0.3) is 10.9 Å². The smallest absolute Gasteiger partial charge is 0.232 e. The number of fused-ring (bicyclic) bond motifs is 1. The maximum Gasteiger partial charge on any atom is 0.232 e. The molecule has 1 amide bonds. The highest BCUT2D eigenvalue weighted by atomic mass is 16.5. The van der Waals surface area contributed by atoms with Crippen molar-refractivity contribution in [1.82, 2.24) is 20.4 Å². The Hall–Kier alpha value is -2.76. The number of carbonyl (C=O) groups is 1. The predicted octanol–water partition coefficient (Wildman–Crippen LogP) is 4.13. The number of benzene rings is 1. The van der Waals surface area contributed by atoms with Crippen LogP contribution in [-0.2, 0) is 22.2 Å². The summed E-state index contributed by atoms with van der Waals surface area (Å²) in [5, 5.41) is 8.19. The van der Waals surface area contributed by atoms with Crippen LogP contribution in [0.3, 0.4) is 0 Å². The standard InChI is InChI=1S/C22H28N4O2/c1-13-15-10-8-9-11-17(15)23-14(2)16(13)12-18(27)25-22(6,7)19-24-20(28-26-19)21(3,4)5/h8-11H,12H2,1-7H3,(H,25,27). The number of aryl methyl sites for hydroxylation is 2. The van der Waals surface area contributed by atoms with Crippen molar-refractivity contribution in [3.63, 3.8) is 0 Å². The molecule has 6 heteroatoms. The number of pyridine rings is 1. The van der Waals surface area contributed by atoms with Crippen LogP contribution < -0.4 is 5.32 Å². The number of carbonyl (C=O) groups excluding carboxylic acids is 1. The normalized spacial score (nSPS) is 12.4. The number of aromatic nitrogens is 3. The Labute approximate surface area is 165 Å². The minimum atomic E-state index is -0.740. The molecule has 1 aromatic carbocycles. The van der Waals surface area contributed by atoms with Crippen molar-refractivity contribution in [3.8, 4) is 0 Å². The first-order chi connectivity index (χ1) is 13.0. The lowest BCUT2D eigenvalue weighted by Gasteiger charge is -2.23. The van der Waals surface area contributed by atoms with E-state index in [9.17, 15) is 4.79 Å². The van der Waals surface area contributed by atoms with Gasteiger partial charge in [0.15, 0.2) is 5.82 Å². The van der Waals surface area contributed by atoms with Crippen LogP contribution in [0.5, 0.6) is 0 Å². The molecule has 0 radical (unpaired) electrons. The van der Waals surface area contributed by atoms with Crippen molar-refractivity contribution in [2.75, 3.05) is 0 Å². The number of nitrogens with zero attached hydrogens (tertiary/aromatic N) is 3. The van der Waals surface area contributed by atoms with Crippen molar-refractivity contribution >= 4 is 16.8 Å². The Kier molecular flexibility index (Phi) is 5.00. The van der Waals surface area contributed by atoms with Gasteiger partial charge in [0.25, 0.3) is 0 Å². The average Bonchev–Trinajstić information content (AvgIpc) is 3.09. The van der Waals surface area contributed by atoms with E-state index in [4.69, 9.17) is 4.52 Å². The molecule has 0 spiro atoms. The molecule has 2 aromatic heterocycles. The SMILES string of the molecule is Cc1nc2ccccc2c(C)c1CC(=O)NC(C)(C)c1noc(C(C)(C)C)n1. The van der Waals surface area contributed by atoms with E-state index in [1.807, 2.05) is 72.7 Å². The monoisotopic (exact) mass is 380 g/mol. The Balaban J connectivity index is 1.82. The molecule has 28 heavy (non-hydrogen) atoms. The van der Waals surface area contributed by atoms with Crippen LogP contribution in [0.15, 0.2) is 28.8 Å². The molecule has 3 aromatic rings. The molecule has 0 aliphatic carbocycles. The van der Waals surface area contributed by atoms with Gasteiger partial charge >= 0.3 is 0 Å². The third-order valence-electron chi connectivity index (χ3n) is 4.90. The number of nitrogens with one attached hydrogen (secondary N) is 1. The van der Waals surface area contributed by atoms with Gasteiger partial charge in [-0.15, -0.1) is 0 Å². The fourth-order valence-corrected chi connectivity index (χ4v) is 3.22. The molecule has 0 fully saturated rings. The number of hydrogen-bond acceptors (Lipinski definition) is 5. The molecule has 0 saturated carbocycles. The third kappa shape index (κ3) is 3.91. The Morgan fingerprint density at radius 2 is 1.75 bits per heavy atom. The summed E-state index contributed by atoms with van der Waals surface area (Å²) in [7, 11) is 0. The van der Waals surface area contributed by atoms with Crippen LogP contribution in [0.1, 0.15) is 63.2 Å². The second kappa shape index (κ2) is 7.00. The molecular weight excluding hydrogens is 352 g/mol. The fraction of sp³-hybridized carbons (Fsp3) is 0.455. The van der Waals surface area contributed by atoms with Gasteiger partial charge < -0.3 is 9.84 Å². The topological polar surface area (TPSA) is 80.9 Å². The summed E-state index contributed by atoms with van der Waals surface area (Å²) in [5.74, 6) is 0.918. The van der Waals surface area contributed by atoms with E-state index in [1.165, 1.54) is 0 Å². The zero-order valence-corrected chi connectivity index (χ0v) is 17.7. The molecular formula is C22H28N4O2. The second-order valence-corrected chi connectivity index (χ2v) is 8.84. The summed E-state index contributed by atoms with van der Waals surface area (Å²) in [6.07, 6.45) is 0.253. The third-order valence-corrected chi connectivity index (χ3v) is 4.90. The molecule has 0 unspecified atom stereocenters. The summed E-state index contributed by atoms with van der Waals surface area (Å²) < 4.78 is 5.38. The van der Waals surface area contributed by atoms with Crippen molar-refractivity contribution < 1.29 is 9.32 Å². The molecule has 0 aliphatic rings. The highest BCUT2D eigenvalue weighted by molar-refractivity contribution is 5.86. The maximum absolute atomic E-state index is 12.8. The Morgan fingerprint density at radius 3 is 2.39 bits per heavy atom. The van der Waals surface area contributed by atoms with Gasteiger partial charge in [0.05, 0.1) is 17.5 Å². The van der Waals surface area contributed by atoms with Crippen LogP contribution in [0.2, 0.25) is 0 Å². The van der Waals surface area contributed by atoms with Crippen molar-refractivity contribution in [1.29, 1.82) is 0 Å². The van der Waals surface area contributed by atoms with Gasteiger partial charge in [-0.3, -0.25) is 9.78 Å². The van der Waals surface area contributed by atoms with Gasteiger partial charge in [0.1, 0.15) is 0 Å². The molecule has 0 atom stereocenters. The van der Waals surface area contributed by atoms with Crippen molar-refractivity contribution in [3.05, 3.63) is 52.8 Å². The molecule has 6 nitrogen and oxygen atoms in total. The summed E-state index contributed by atoms with van der Waals surface area (Å²) in [6, 6.07) is 7.99. The average molecular weight is 380 g/mol. The largest absolute Gasteiger partial charge is 0.344 e. The first-order valence-electron chi connectivity index (χ1n) is 9.49. The van der Waals surface area contributed by atoms with E-state index in [0.29, 0.717) is 11.7 Å². The number of amides is 1. The fourth-order valence-electron chi connectivity index (χ4n) is 3.22. The van der Waals surface area contributed by atoms with Crippen LogP contribution in [0, 0.1) is 13.8 Å². The maximum atomic E-state index is 12.8. The first kappa shape index (κ1) is 20.0. The lowest BCUT2D eigenvalue weighted by atomic mass is 9.96. The summed E-state index contributed by atoms with van der Waals surface area (Å²) >= 11 is 0. The van der Waals surface area contributed by atoms with E-state index in [-0.39, 0.29) is 17.7 Å². The highest BCUT2D eigenvalue weighted by Gasteiger charge is 2.31. The van der Waals surface area contributed by atoms with Crippen LogP contribution in [-0.4, -0.2) is 21.0 Å². The summed E-state index contributed by atoms with van der Waals surface area (Å²) in [4.78, 5) is 22.0. The van der Waals surface area contributed by atoms with E-state index in [1.54, 1.807) is 0 Å². The summed E-state index contributed by atoms with van der Waals surface area (Å²) in [6.45, 7) is 13.8. The zero-order chi connectivity index (χ0) is 20.7. The lowest BCUT2D eigenvalue weighted by molar-refractivity contribution is -0.122. The molecule has 0 saturated heterocycles. The van der Waals surface area contributed by atoms with E-state index >= 15 is 0 Å². The minimum absolute atomic E-state index is 0.101. The molecule has 2 heterocycles. The van der Waals surface area contributed by atoms with Gasteiger partial charge in [-0.05, 0) is 44.9 Å². The van der Waals surface area contributed by atoms with Crippen molar-refractivity contribution in [2.24, 2.45) is 0 Å². The van der Waals surface area contributed by atoms with Crippen LogP contribution in [0.4, 0.5) is 0 Å². The number of hydrogen-bond donors (Lipinski definition) is 1. The van der Waals surface area contributed by atoms with E-state index in [2.05, 4.69) is 20.4 Å². The number of rotatable bonds is 4. The lowest BCUT2D eigenvalue weighted by Crippen LogP contribution is -2.42. The molecule has 1 N–H and O–H groups in total. The Bertz CT molecular complexity index is 1030. The molecule has 3 rings (SSSR count). The Morgan fingerprint density at radius 1 is 1.07 bits per heavy atom. The van der Waals surface area contributed by atoms with Gasteiger partial charge in [-0.2, -0.15) is 4.98 Å². The first-order valence-corrected chi connectivity index (χ1v) is 9.49. The zero-order valence-electron chi connectivity index (χ0n) is 17.7. The highest BCUT2D eigenvalue weighted by Crippen LogP contribution is 2.25. The number of para-hydroxylation sites is 1. The van der Waals surface area contributed by atoms with Gasteiger partial charge in [-0.1, -0.05) is 44.1 Å². The van der Waals surface area contributed by atoms with Crippen molar-refractivity contribution in [2.45, 2.75) is 65.8 Å². The van der Waals surface area contributed by atoms with Gasteiger partial charge in [-0.25, -0.2) is 0 Å². The van der Waals surface area contributed by atoms with Gasteiger partial charge in [0.2, 0.25) is 11.8 Å².